The first-order valence-electron chi connectivity index (χ1n) is 9.49. The molecule has 1 unspecified atom stereocenters. The highest BCUT2D eigenvalue weighted by atomic mass is 35.5. The number of anilines is 1. The van der Waals surface area contributed by atoms with Crippen LogP contribution >= 0.6 is 12.4 Å². The maximum absolute atomic E-state index is 11.3. The number of hydrogen-bond acceptors (Lipinski definition) is 10. The van der Waals surface area contributed by atoms with Crippen LogP contribution in [-0.4, -0.2) is 68.6 Å². The van der Waals surface area contributed by atoms with Crippen molar-refractivity contribution in [2.45, 2.75) is 31.6 Å². The van der Waals surface area contributed by atoms with Crippen LogP contribution in [0.3, 0.4) is 0 Å². The molecule has 12 nitrogen and oxygen atoms in total. The van der Waals surface area contributed by atoms with E-state index < -0.39 is 18.1 Å². The van der Waals surface area contributed by atoms with Crippen molar-refractivity contribution in [1.82, 2.24) is 20.2 Å². The number of unbranched alkanes of at least 4 members (excludes halogenated alkanes) is 1. The Hall–Kier alpha value is -2.32. The summed E-state index contributed by atoms with van der Waals surface area (Å²) in [7, 11) is -1.34. The molecular weight excluding hydrogens is 416 g/mol. The fraction of sp³-hybridized carbons (Fsp3) is 0.562. The number of ether oxygens (including phenoxy) is 1. The molecule has 2 heterocycles. The zero-order valence-corrected chi connectivity index (χ0v) is 17.1. The van der Waals surface area contributed by atoms with Crippen LogP contribution < -0.4 is 10.6 Å². The van der Waals surface area contributed by atoms with E-state index in [1.54, 1.807) is 6.07 Å². The molecule has 1 aromatic heterocycles. The minimum atomic E-state index is -1.34. The Morgan fingerprint density at radius 3 is 2.67 bits per heavy atom. The van der Waals surface area contributed by atoms with Crippen LogP contribution in [0, 0.1) is 10.1 Å². The Bertz CT molecular complexity index is 834. The van der Waals surface area contributed by atoms with Gasteiger partial charge < -0.3 is 25.4 Å². The summed E-state index contributed by atoms with van der Waals surface area (Å²) in [5, 5.41) is 41.0. The normalized spacial score (nSPS) is 14.8. The van der Waals surface area contributed by atoms with E-state index in [1.807, 2.05) is 0 Å². The highest BCUT2D eigenvalue weighted by Crippen LogP contribution is 2.30. The van der Waals surface area contributed by atoms with Gasteiger partial charge in [0.15, 0.2) is 5.82 Å². The first kappa shape index (κ1) is 24.0. The number of hydrogen-bond donors (Lipinski definition) is 3. The largest absolute Gasteiger partial charge is 0.451 e. The molecule has 0 aliphatic carbocycles. The van der Waals surface area contributed by atoms with Crippen molar-refractivity contribution in [1.29, 1.82) is 0 Å². The summed E-state index contributed by atoms with van der Waals surface area (Å²) in [6.07, 6.45) is 2.07. The zero-order chi connectivity index (χ0) is 20.8. The lowest BCUT2D eigenvalue weighted by Gasteiger charge is -2.30. The molecule has 1 aliphatic heterocycles. The summed E-state index contributed by atoms with van der Waals surface area (Å²) in [4.78, 5) is 12.9. The van der Waals surface area contributed by atoms with E-state index in [0.717, 1.165) is 5.69 Å². The van der Waals surface area contributed by atoms with Crippen molar-refractivity contribution >= 4 is 30.9 Å². The number of tetrazole rings is 1. The molecule has 1 saturated heterocycles. The number of nitrogens with two attached hydrogens (primary N) is 1. The van der Waals surface area contributed by atoms with E-state index >= 15 is 0 Å². The monoisotopic (exact) mass is 441 g/mol. The number of halogens is 1. The number of morpholine rings is 1. The van der Waals surface area contributed by atoms with Crippen LogP contribution in [0.25, 0.3) is 5.69 Å². The van der Waals surface area contributed by atoms with E-state index in [9.17, 15) is 10.1 Å². The third kappa shape index (κ3) is 5.86. The number of aromatic nitrogens is 4. The lowest BCUT2D eigenvalue weighted by atomic mass is 9.83. The molecule has 0 bridgehead atoms. The minimum Gasteiger partial charge on any atom is -0.427 e. The van der Waals surface area contributed by atoms with Crippen LogP contribution in [-0.2, 0) is 4.74 Å². The quantitative estimate of drug-likeness (QED) is 0.215. The molecule has 0 saturated carbocycles. The number of benzene rings is 1. The van der Waals surface area contributed by atoms with Crippen molar-refractivity contribution < 1.29 is 19.7 Å². The number of rotatable bonds is 9. The summed E-state index contributed by atoms with van der Waals surface area (Å²) < 4.78 is 6.84. The summed E-state index contributed by atoms with van der Waals surface area (Å²) in [5.74, 6) is 0.393. The van der Waals surface area contributed by atoms with Gasteiger partial charge in [-0.05, 0) is 29.2 Å². The van der Waals surface area contributed by atoms with Crippen LogP contribution in [0.2, 0.25) is 6.32 Å². The molecule has 14 heteroatoms. The van der Waals surface area contributed by atoms with E-state index in [1.165, 1.54) is 16.8 Å². The van der Waals surface area contributed by atoms with Gasteiger partial charge in [-0.1, -0.05) is 12.8 Å². The van der Waals surface area contributed by atoms with E-state index in [2.05, 4.69) is 20.4 Å². The van der Waals surface area contributed by atoms with Gasteiger partial charge in [0, 0.05) is 25.2 Å². The SMILES string of the molecule is Cl.NC(CCCCB(O)O)c1nnnn1-c1cc([N+](=O)[O-])ccc1N1CCOCC1. The van der Waals surface area contributed by atoms with Gasteiger partial charge >= 0.3 is 7.12 Å². The fourth-order valence-electron chi connectivity index (χ4n) is 3.28. The standard InChI is InChI=1S/C16H24BN7O5.ClH/c18-13(3-1-2-6-17(25)26)16-19-20-21-23(16)15-11-12(24(27)28)4-5-14(15)22-7-9-29-10-8-22;/h4-5,11,13,25-26H,1-3,6-10,18H2;1H. The Morgan fingerprint density at radius 2 is 2.00 bits per heavy atom. The predicted molar refractivity (Wildman–Crippen MR) is 112 cm³/mol. The molecule has 4 N–H and O–H groups in total. The van der Waals surface area contributed by atoms with Gasteiger partial charge in [-0.2, -0.15) is 4.68 Å². The number of nitro benzene ring substituents is 1. The molecule has 1 aromatic carbocycles. The van der Waals surface area contributed by atoms with Crippen molar-refractivity contribution in [2.75, 3.05) is 31.2 Å². The fourth-order valence-corrected chi connectivity index (χ4v) is 3.28. The van der Waals surface area contributed by atoms with Gasteiger partial charge in [0.25, 0.3) is 5.69 Å². The second-order valence-electron chi connectivity index (χ2n) is 6.85. The van der Waals surface area contributed by atoms with Crippen LogP contribution in [0.4, 0.5) is 11.4 Å². The topological polar surface area (TPSA) is 166 Å². The molecule has 0 amide bonds. The van der Waals surface area contributed by atoms with E-state index in [4.69, 9.17) is 20.5 Å². The maximum atomic E-state index is 11.3. The Labute approximate surface area is 179 Å². The average molecular weight is 442 g/mol. The van der Waals surface area contributed by atoms with Gasteiger partial charge in [0.2, 0.25) is 0 Å². The number of nitro groups is 1. The molecule has 2 aromatic rings. The number of nitrogens with zero attached hydrogens (tertiary/aromatic N) is 6. The lowest BCUT2D eigenvalue weighted by molar-refractivity contribution is -0.384. The van der Waals surface area contributed by atoms with Crippen LogP contribution in [0.15, 0.2) is 18.2 Å². The molecular formula is C16H25BClN7O5. The maximum Gasteiger partial charge on any atom is 0.451 e. The molecule has 0 radical (unpaired) electrons. The van der Waals surface area contributed by atoms with Crippen molar-refractivity contribution in [3.63, 3.8) is 0 Å². The Morgan fingerprint density at radius 1 is 1.27 bits per heavy atom. The molecule has 164 valence electrons. The highest BCUT2D eigenvalue weighted by molar-refractivity contribution is 6.40. The Kier molecular flexibility index (Phi) is 8.93. The van der Waals surface area contributed by atoms with Gasteiger partial charge in [-0.25, -0.2) is 0 Å². The molecule has 1 fully saturated rings. The van der Waals surface area contributed by atoms with Gasteiger partial charge in [-0.15, -0.1) is 17.5 Å². The van der Waals surface area contributed by atoms with Crippen LogP contribution in [0.1, 0.15) is 31.1 Å². The third-order valence-corrected chi connectivity index (χ3v) is 4.80. The van der Waals surface area contributed by atoms with Crippen molar-refractivity contribution in [2.24, 2.45) is 5.73 Å². The lowest BCUT2D eigenvalue weighted by Crippen LogP contribution is -2.37. The summed E-state index contributed by atoms with van der Waals surface area (Å²) in [6.45, 7) is 2.43. The minimum absolute atomic E-state index is 0. The van der Waals surface area contributed by atoms with Gasteiger partial charge in [0.1, 0.15) is 0 Å². The third-order valence-electron chi connectivity index (χ3n) is 4.80. The number of non-ortho nitro benzene ring substituents is 1. The first-order chi connectivity index (χ1) is 14.0. The molecule has 0 spiro atoms. The van der Waals surface area contributed by atoms with Crippen LogP contribution in [0.5, 0.6) is 0 Å². The van der Waals surface area contributed by atoms with Crippen molar-refractivity contribution in [3.05, 3.63) is 34.1 Å². The van der Waals surface area contributed by atoms with Gasteiger partial charge in [0.05, 0.1) is 35.6 Å². The molecule has 3 rings (SSSR count). The summed E-state index contributed by atoms with van der Waals surface area (Å²) >= 11 is 0. The van der Waals surface area contributed by atoms with Gasteiger partial charge in [-0.3, -0.25) is 10.1 Å². The van der Waals surface area contributed by atoms with E-state index in [0.29, 0.717) is 57.1 Å². The predicted octanol–water partition coefficient (Wildman–Crippen LogP) is 0.472. The second-order valence-corrected chi connectivity index (χ2v) is 6.85. The smallest absolute Gasteiger partial charge is 0.427 e. The molecule has 1 atom stereocenters. The first-order valence-corrected chi connectivity index (χ1v) is 9.49. The molecule has 1 aliphatic rings. The van der Waals surface area contributed by atoms with E-state index in [-0.39, 0.29) is 24.4 Å². The molecule has 30 heavy (non-hydrogen) atoms. The summed E-state index contributed by atoms with van der Waals surface area (Å²) in [5.41, 5.74) is 7.45. The van der Waals surface area contributed by atoms with Crippen molar-refractivity contribution in [3.8, 4) is 5.69 Å². The summed E-state index contributed by atoms with van der Waals surface area (Å²) in [6, 6.07) is 4.09. The highest BCUT2D eigenvalue weighted by Gasteiger charge is 2.24. The Balaban J connectivity index is 0.00000320. The second kappa shape index (κ2) is 11.2. The average Bonchev–Trinajstić information content (AvgIpc) is 3.21. The zero-order valence-electron chi connectivity index (χ0n) is 16.3.